The zero-order valence-corrected chi connectivity index (χ0v) is 13.8. The molecule has 0 aliphatic heterocycles. The van der Waals surface area contributed by atoms with Gasteiger partial charge in [0.1, 0.15) is 0 Å². The lowest BCUT2D eigenvalue weighted by molar-refractivity contribution is -0.123. The summed E-state index contributed by atoms with van der Waals surface area (Å²) in [6.45, 7) is 2.32. The summed E-state index contributed by atoms with van der Waals surface area (Å²) in [5.74, 6) is 1.92. The van der Waals surface area contributed by atoms with Gasteiger partial charge in [0, 0.05) is 17.3 Å². The fourth-order valence-electron chi connectivity index (χ4n) is 3.60. The molecule has 2 fully saturated rings. The molecule has 0 bridgehead atoms. The van der Waals surface area contributed by atoms with Gasteiger partial charge in [-0.15, -0.1) is 0 Å². The van der Waals surface area contributed by atoms with Gasteiger partial charge in [-0.3, -0.25) is 4.79 Å². The molecule has 0 saturated heterocycles. The summed E-state index contributed by atoms with van der Waals surface area (Å²) in [4.78, 5) is 12.2. The second kappa shape index (κ2) is 7.10. The summed E-state index contributed by atoms with van der Waals surface area (Å²) >= 11 is 3.62. The number of halogens is 1. The molecule has 0 heterocycles. The largest absolute Gasteiger partial charge is 0.350 e. The molecule has 1 N–H and O–H groups in total. The van der Waals surface area contributed by atoms with Gasteiger partial charge in [0.25, 0.3) is 0 Å². The van der Waals surface area contributed by atoms with Crippen LogP contribution in [0.2, 0.25) is 0 Å². The Hall–Kier alpha value is -0.0500. The van der Waals surface area contributed by atoms with Crippen molar-refractivity contribution in [2.45, 2.75) is 76.7 Å². The molecule has 0 unspecified atom stereocenters. The number of carbonyl (C=O) groups is 1. The number of carbonyl (C=O) groups excluding carboxylic acids is 1. The molecule has 1 amide bonds. The lowest BCUT2D eigenvalue weighted by atomic mass is 9.78. The number of rotatable bonds is 5. The predicted molar refractivity (Wildman–Crippen MR) is 83.5 cm³/mol. The standard InChI is InChI=1S/C16H28BrNO/c1-13-8-10-16(12-17,11-9-13)18-15(19)7-6-14-4-2-3-5-14/h13-14H,2-12H2,1H3,(H,18,19). The van der Waals surface area contributed by atoms with Crippen molar-refractivity contribution < 1.29 is 4.79 Å². The lowest BCUT2D eigenvalue weighted by Crippen LogP contribution is -2.52. The summed E-state index contributed by atoms with van der Waals surface area (Å²) in [5, 5.41) is 4.25. The minimum Gasteiger partial charge on any atom is -0.350 e. The Labute approximate surface area is 126 Å². The van der Waals surface area contributed by atoms with Crippen molar-refractivity contribution in [2.24, 2.45) is 11.8 Å². The van der Waals surface area contributed by atoms with Crippen LogP contribution < -0.4 is 5.32 Å². The quantitative estimate of drug-likeness (QED) is 0.743. The fraction of sp³-hybridized carbons (Fsp3) is 0.938. The van der Waals surface area contributed by atoms with Crippen LogP contribution in [0, 0.1) is 11.8 Å². The monoisotopic (exact) mass is 329 g/mol. The number of hydrogen-bond donors (Lipinski definition) is 1. The Morgan fingerprint density at radius 2 is 1.84 bits per heavy atom. The highest BCUT2D eigenvalue weighted by Crippen LogP contribution is 2.34. The summed E-state index contributed by atoms with van der Waals surface area (Å²) in [6.07, 6.45) is 12.0. The predicted octanol–water partition coefficient (Wildman–Crippen LogP) is 4.42. The Kier molecular flexibility index (Phi) is 5.73. The van der Waals surface area contributed by atoms with E-state index in [0.717, 1.165) is 42.8 Å². The molecule has 2 aliphatic carbocycles. The summed E-state index contributed by atoms with van der Waals surface area (Å²) in [6, 6.07) is 0. The van der Waals surface area contributed by atoms with Crippen molar-refractivity contribution in [1.82, 2.24) is 5.32 Å². The van der Waals surface area contributed by atoms with Crippen molar-refractivity contribution >= 4 is 21.8 Å². The van der Waals surface area contributed by atoms with E-state index in [1.165, 1.54) is 38.5 Å². The molecule has 0 spiro atoms. The Morgan fingerprint density at radius 1 is 1.21 bits per heavy atom. The van der Waals surface area contributed by atoms with Crippen molar-refractivity contribution in [3.8, 4) is 0 Å². The number of amides is 1. The average molecular weight is 330 g/mol. The van der Waals surface area contributed by atoms with E-state index in [9.17, 15) is 4.79 Å². The maximum absolute atomic E-state index is 12.2. The van der Waals surface area contributed by atoms with Crippen LogP contribution in [0.15, 0.2) is 0 Å². The van der Waals surface area contributed by atoms with E-state index in [4.69, 9.17) is 0 Å². The van der Waals surface area contributed by atoms with E-state index in [-0.39, 0.29) is 11.4 Å². The molecule has 0 aromatic rings. The Balaban J connectivity index is 1.75. The first-order valence-electron chi connectivity index (χ1n) is 8.00. The maximum atomic E-state index is 12.2. The smallest absolute Gasteiger partial charge is 0.220 e. The maximum Gasteiger partial charge on any atom is 0.220 e. The van der Waals surface area contributed by atoms with Crippen LogP contribution in [0.3, 0.4) is 0 Å². The summed E-state index contributed by atoms with van der Waals surface area (Å²) in [5.41, 5.74) is 0.0409. The molecular weight excluding hydrogens is 302 g/mol. The molecule has 0 atom stereocenters. The average Bonchev–Trinajstić information content (AvgIpc) is 2.93. The van der Waals surface area contributed by atoms with Gasteiger partial charge in [-0.25, -0.2) is 0 Å². The molecule has 19 heavy (non-hydrogen) atoms. The van der Waals surface area contributed by atoms with Crippen molar-refractivity contribution in [2.75, 3.05) is 5.33 Å². The van der Waals surface area contributed by atoms with Crippen LogP contribution in [0.25, 0.3) is 0 Å². The second-order valence-corrected chi connectivity index (χ2v) is 7.39. The number of hydrogen-bond acceptors (Lipinski definition) is 1. The highest BCUT2D eigenvalue weighted by atomic mass is 79.9. The minimum absolute atomic E-state index is 0.0409. The van der Waals surface area contributed by atoms with Crippen LogP contribution in [0.5, 0.6) is 0 Å². The highest BCUT2D eigenvalue weighted by molar-refractivity contribution is 9.09. The van der Waals surface area contributed by atoms with Crippen LogP contribution in [0.1, 0.15) is 71.1 Å². The van der Waals surface area contributed by atoms with Gasteiger partial charge in [-0.05, 0) is 43.9 Å². The van der Waals surface area contributed by atoms with Crippen molar-refractivity contribution in [3.63, 3.8) is 0 Å². The Bertz CT molecular complexity index is 291. The first-order chi connectivity index (χ1) is 9.13. The van der Waals surface area contributed by atoms with Gasteiger partial charge in [0.15, 0.2) is 0 Å². The zero-order valence-electron chi connectivity index (χ0n) is 12.2. The molecule has 2 nitrogen and oxygen atoms in total. The van der Waals surface area contributed by atoms with Gasteiger partial charge >= 0.3 is 0 Å². The summed E-state index contributed by atoms with van der Waals surface area (Å²) in [7, 11) is 0. The first kappa shape index (κ1) is 15.3. The van der Waals surface area contributed by atoms with Crippen LogP contribution >= 0.6 is 15.9 Å². The van der Waals surface area contributed by atoms with E-state index in [2.05, 4.69) is 28.2 Å². The lowest BCUT2D eigenvalue weighted by Gasteiger charge is -2.39. The van der Waals surface area contributed by atoms with Crippen LogP contribution in [-0.4, -0.2) is 16.8 Å². The van der Waals surface area contributed by atoms with Crippen molar-refractivity contribution in [1.29, 1.82) is 0 Å². The molecule has 0 radical (unpaired) electrons. The molecule has 2 rings (SSSR count). The highest BCUT2D eigenvalue weighted by Gasteiger charge is 2.34. The van der Waals surface area contributed by atoms with E-state index < -0.39 is 0 Å². The molecule has 110 valence electrons. The molecule has 2 saturated carbocycles. The second-order valence-electron chi connectivity index (χ2n) is 6.83. The van der Waals surface area contributed by atoms with E-state index >= 15 is 0 Å². The fourth-order valence-corrected chi connectivity index (χ4v) is 4.30. The Morgan fingerprint density at radius 3 is 2.42 bits per heavy atom. The van der Waals surface area contributed by atoms with E-state index in [1.807, 2.05) is 0 Å². The molecule has 0 aromatic heterocycles. The third-order valence-electron chi connectivity index (χ3n) is 5.15. The minimum atomic E-state index is 0.0409. The third-order valence-corrected chi connectivity index (χ3v) is 6.22. The zero-order chi connectivity index (χ0) is 13.7. The van der Waals surface area contributed by atoms with Gasteiger partial charge in [-0.1, -0.05) is 48.5 Å². The molecule has 3 heteroatoms. The third kappa shape index (κ3) is 4.47. The molecule has 0 aromatic carbocycles. The number of alkyl halides is 1. The van der Waals surface area contributed by atoms with E-state index in [1.54, 1.807) is 0 Å². The topological polar surface area (TPSA) is 29.1 Å². The summed E-state index contributed by atoms with van der Waals surface area (Å²) < 4.78 is 0. The van der Waals surface area contributed by atoms with Crippen molar-refractivity contribution in [3.05, 3.63) is 0 Å². The SMILES string of the molecule is CC1CCC(CBr)(NC(=O)CCC2CCCC2)CC1. The van der Waals surface area contributed by atoms with Gasteiger partial charge < -0.3 is 5.32 Å². The van der Waals surface area contributed by atoms with Gasteiger partial charge in [0.05, 0.1) is 0 Å². The first-order valence-corrected chi connectivity index (χ1v) is 9.13. The number of nitrogens with one attached hydrogen (secondary N) is 1. The van der Waals surface area contributed by atoms with Gasteiger partial charge in [-0.2, -0.15) is 0 Å². The van der Waals surface area contributed by atoms with E-state index in [0.29, 0.717) is 0 Å². The normalized spacial score (nSPS) is 32.4. The molecule has 2 aliphatic rings. The van der Waals surface area contributed by atoms with Gasteiger partial charge in [0.2, 0.25) is 5.91 Å². The van der Waals surface area contributed by atoms with Crippen LogP contribution in [0.4, 0.5) is 0 Å². The molecular formula is C16H28BrNO. The van der Waals surface area contributed by atoms with Crippen LogP contribution in [-0.2, 0) is 4.79 Å².